The summed E-state index contributed by atoms with van der Waals surface area (Å²) in [4.78, 5) is 51.3. The highest BCUT2D eigenvalue weighted by Gasteiger charge is 2.54. The standard InChI is InChI=1S/C15H13N5O5S4/c21-8(1-7-4-27-14(25)17-7)18-9-11(22)20-10(13(23)24)6(2-26-12(9)20)3-28-15-19-16-5-29-15/h4-5,9,12H,1-3H2,(H,17,25)(H,18,21)(H,23,24)/t9?,12-/m0/s1. The Bertz CT molecular complexity index is 1050. The first-order valence-corrected chi connectivity index (χ1v) is 12.0. The number of aromatic amines is 1. The first-order valence-electron chi connectivity index (χ1n) is 8.19. The van der Waals surface area contributed by atoms with Gasteiger partial charge in [-0.2, -0.15) is 0 Å². The Hall–Kier alpha value is -2.16. The highest BCUT2D eigenvalue weighted by atomic mass is 32.2. The van der Waals surface area contributed by atoms with Crippen LogP contribution in [0.15, 0.2) is 31.3 Å². The zero-order valence-corrected chi connectivity index (χ0v) is 17.8. The van der Waals surface area contributed by atoms with Crippen LogP contribution >= 0.6 is 46.2 Å². The number of H-pyrrole nitrogens is 1. The number of carbonyl (C=O) groups is 3. The van der Waals surface area contributed by atoms with Gasteiger partial charge in [0.05, 0.1) is 6.42 Å². The molecule has 152 valence electrons. The maximum absolute atomic E-state index is 12.6. The Morgan fingerprint density at radius 1 is 1.38 bits per heavy atom. The van der Waals surface area contributed by atoms with Gasteiger partial charge in [-0.05, 0) is 5.57 Å². The summed E-state index contributed by atoms with van der Waals surface area (Å²) in [6.07, 6.45) is -0.0503. The number of β-lactam (4-membered cyclic amide) rings is 1. The van der Waals surface area contributed by atoms with Crippen molar-refractivity contribution in [2.24, 2.45) is 0 Å². The quantitative estimate of drug-likeness (QED) is 0.385. The van der Waals surface area contributed by atoms with E-state index in [1.54, 1.807) is 10.9 Å². The van der Waals surface area contributed by atoms with E-state index in [9.17, 15) is 24.3 Å². The van der Waals surface area contributed by atoms with Crippen LogP contribution in [-0.4, -0.2) is 65.9 Å². The van der Waals surface area contributed by atoms with Crippen molar-refractivity contribution in [1.29, 1.82) is 0 Å². The van der Waals surface area contributed by atoms with Gasteiger partial charge in [-0.3, -0.25) is 19.3 Å². The molecule has 3 N–H and O–H groups in total. The summed E-state index contributed by atoms with van der Waals surface area (Å²) in [6.45, 7) is 0. The Morgan fingerprint density at radius 2 is 2.21 bits per heavy atom. The number of hydrogen-bond donors (Lipinski definition) is 3. The summed E-state index contributed by atoms with van der Waals surface area (Å²) in [5.74, 6) is -1.20. The largest absolute Gasteiger partial charge is 0.477 e. The maximum atomic E-state index is 12.6. The molecule has 0 saturated carbocycles. The van der Waals surface area contributed by atoms with Gasteiger partial charge in [-0.1, -0.05) is 34.4 Å². The number of carbonyl (C=O) groups excluding carboxylic acids is 2. The summed E-state index contributed by atoms with van der Waals surface area (Å²) in [5.41, 5.74) is 2.68. The van der Waals surface area contributed by atoms with Crippen molar-refractivity contribution in [3.63, 3.8) is 0 Å². The number of rotatable bonds is 7. The van der Waals surface area contributed by atoms with E-state index in [2.05, 4.69) is 20.5 Å². The van der Waals surface area contributed by atoms with Gasteiger partial charge in [0.1, 0.15) is 22.6 Å². The number of nitrogens with zero attached hydrogens (tertiary/aromatic N) is 3. The predicted molar refractivity (Wildman–Crippen MR) is 109 cm³/mol. The summed E-state index contributed by atoms with van der Waals surface area (Å²) in [5, 5.41) is 21.1. The molecule has 0 spiro atoms. The number of thioether (sulfide) groups is 2. The maximum Gasteiger partial charge on any atom is 0.352 e. The van der Waals surface area contributed by atoms with E-state index >= 15 is 0 Å². The third-order valence-corrected chi connectivity index (χ3v) is 8.20. The van der Waals surface area contributed by atoms with Crippen LogP contribution in [0.2, 0.25) is 0 Å². The number of aromatic nitrogens is 3. The van der Waals surface area contributed by atoms with Crippen molar-refractivity contribution < 1.29 is 19.5 Å². The number of carboxylic acids is 1. The third kappa shape index (κ3) is 4.10. The molecule has 1 unspecified atom stereocenters. The topological polar surface area (TPSA) is 145 Å². The molecule has 4 rings (SSSR count). The lowest BCUT2D eigenvalue weighted by Crippen LogP contribution is -2.70. The number of hydrogen-bond acceptors (Lipinski definition) is 10. The molecule has 1 saturated heterocycles. The summed E-state index contributed by atoms with van der Waals surface area (Å²) >= 11 is 5.10. The molecule has 0 aliphatic carbocycles. The third-order valence-electron chi connectivity index (χ3n) is 4.20. The molecule has 2 aromatic rings. The number of thiazole rings is 1. The van der Waals surface area contributed by atoms with Crippen LogP contribution in [0.3, 0.4) is 0 Å². The molecule has 0 aromatic carbocycles. The van der Waals surface area contributed by atoms with Crippen LogP contribution in [0, 0.1) is 0 Å². The lowest BCUT2D eigenvalue weighted by atomic mass is 10.0. The summed E-state index contributed by atoms with van der Waals surface area (Å²) < 4.78 is 0.723. The van der Waals surface area contributed by atoms with Crippen molar-refractivity contribution in [1.82, 2.24) is 25.4 Å². The minimum atomic E-state index is -1.17. The molecule has 2 amide bonds. The van der Waals surface area contributed by atoms with E-state index in [1.165, 1.54) is 39.8 Å². The zero-order valence-electron chi connectivity index (χ0n) is 14.5. The second kappa shape index (κ2) is 8.30. The Morgan fingerprint density at radius 3 is 2.86 bits per heavy atom. The fourth-order valence-corrected chi connectivity index (χ4v) is 6.52. The Labute approximate surface area is 179 Å². The normalized spacial score (nSPS) is 21.0. The molecule has 2 aliphatic rings. The highest BCUT2D eigenvalue weighted by molar-refractivity contribution is 8.01. The van der Waals surface area contributed by atoms with E-state index in [1.807, 2.05) is 0 Å². The summed E-state index contributed by atoms with van der Waals surface area (Å²) in [7, 11) is 0. The van der Waals surface area contributed by atoms with Gasteiger partial charge in [0, 0.05) is 22.6 Å². The van der Waals surface area contributed by atoms with Crippen LogP contribution in [0.1, 0.15) is 5.69 Å². The number of fused-ring (bicyclic) bond motifs is 1. The van der Waals surface area contributed by atoms with Crippen LogP contribution < -0.4 is 10.2 Å². The zero-order chi connectivity index (χ0) is 20.5. The minimum absolute atomic E-state index is 0.0246. The SMILES string of the molecule is O=C(Cc1csc(=O)[nH]1)NC1C(=O)N2C(C(=O)O)=C(CSc3nncs3)CS[C@@H]12. The van der Waals surface area contributed by atoms with Gasteiger partial charge in [0.2, 0.25) is 5.91 Å². The molecule has 29 heavy (non-hydrogen) atoms. The second-order valence-corrected chi connectivity index (χ2v) is 10.1. The van der Waals surface area contributed by atoms with Crippen LogP contribution in [-0.2, 0) is 20.8 Å². The van der Waals surface area contributed by atoms with Crippen molar-refractivity contribution in [2.75, 3.05) is 11.5 Å². The van der Waals surface area contributed by atoms with Gasteiger partial charge in [-0.15, -0.1) is 22.0 Å². The van der Waals surface area contributed by atoms with E-state index in [0.29, 0.717) is 22.8 Å². The Balaban J connectivity index is 1.44. The molecule has 0 bridgehead atoms. The molecular formula is C15H13N5O5S4. The van der Waals surface area contributed by atoms with Gasteiger partial charge in [0.15, 0.2) is 4.34 Å². The van der Waals surface area contributed by atoms with Gasteiger partial charge < -0.3 is 15.4 Å². The van der Waals surface area contributed by atoms with Crippen LogP contribution in [0.4, 0.5) is 0 Å². The highest BCUT2D eigenvalue weighted by Crippen LogP contribution is 2.41. The van der Waals surface area contributed by atoms with E-state index in [-0.39, 0.29) is 17.0 Å². The summed E-state index contributed by atoms with van der Waals surface area (Å²) in [6, 6.07) is -0.787. The lowest BCUT2D eigenvalue weighted by molar-refractivity contribution is -0.150. The van der Waals surface area contributed by atoms with E-state index in [4.69, 9.17) is 0 Å². The van der Waals surface area contributed by atoms with E-state index in [0.717, 1.165) is 15.7 Å². The molecule has 1 fully saturated rings. The first-order chi connectivity index (χ1) is 13.9. The van der Waals surface area contributed by atoms with Gasteiger partial charge >= 0.3 is 10.8 Å². The molecular weight excluding hydrogens is 458 g/mol. The molecule has 2 atom stereocenters. The van der Waals surface area contributed by atoms with Crippen molar-refractivity contribution in [3.05, 3.63) is 37.5 Å². The minimum Gasteiger partial charge on any atom is -0.477 e. The van der Waals surface area contributed by atoms with Gasteiger partial charge in [0.25, 0.3) is 5.91 Å². The van der Waals surface area contributed by atoms with Crippen LogP contribution in [0.25, 0.3) is 0 Å². The monoisotopic (exact) mass is 471 g/mol. The van der Waals surface area contributed by atoms with E-state index < -0.39 is 29.2 Å². The molecule has 2 aliphatic heterocycles. The van der Waals surface area contributed by atoms with Crippen molar-refractivity contribution in [2.45, 2.75) is 22.2 Å². The first kappa shape index (κ1) is 20.1. The molecule has 4 heterocycles. The number of amides is 2. The average molecular weight is 472 g/mol. The number of aliphatic carboxylic acids is 1. The van der Waals surface area contributed by atoms with Crippen LogP contribution in [0.5, 0.6) is 0 Å². The molecule has 2 aromatic heterocycles. The molecule has 14 heteroatoms. The van der Waals surface area contributed by atoms with Gasteiger partial charge in [-0.25, -0.2) is 4.79 Å². The van der Waals surface area contributed by atoms with Crippen molar-refractivity contribution >= 4 is 64.0 Å². The smallest absolute Gasteiger partial charge is 0.352 e. The average Bonchev–Trinajstić information content (AvgIpc) is 3.35. The van der Waals surface area contributed by atoms with Crippen molar-refractivity contribution in [3.8, 4) is 0 Å². The number of nitrogens with one attached hydrogen (secondary N) is 2. The predicted octanol–water partition coefficient (Wildman–Crippen LogP) is 0.361. The fourth-order valence-electron chi connectivity index (χ4n) is 2.97. The second-order valence-electron chi connectivity index (χ2n) is 6.06. The lowest BCUT2D eigenvalue weighted by Gasteiger charge is -2.49. The Kier molecular flexibility index (Phi) is 5.76. The molecule has 10 nitrogen and oxygen atoms in total. The number of carboxylic acid groups (broad SMARTS) is 1. The molecule has 0 radical (unpaired) electrons. The fraction of sp³-hybridized carbons (Fsp3) is 0.333.